The minimum absolute atomic E-state index is 0.101. The number of nitrogens with one attached hydrogen (secondary N) is 2. The number of carbonyl (C=O) groups is 2. The summed E-state index contributed by atoms with van der Waals surface area (Å²) in [6.45, 7) is 2.80. The Morgan fingerprint density at radius 3 is 2.67 bits per heavy atom. The fourth-order valence-corrected chi connectivity index (χ4v) is 3.13. The second-order valence-electron chi connectivity index (χ2n) is 6.08. The van der Waals surface area contributed by atoms with E-state index in [0.29, 0.717) is 36.0 Å². The number of nitrogens with two attached hydrogens (primary N) is 1. The molecule has 0 spiro atoms. The smallest absolute Gasteiger partial charge is 0.311 e. The summed E-state index contributed by atoms with van der Waals surface area (Å²) >= 11 is 0. The van der Waals surface area contributed by atoms with Gasteiger partial charge in [-0.15, -0.1) is 0 Å². The molecule has 0 bridgehead atoms. The Balaban J connectivity index is 2.01. The molecule has 0 radical (unpaired) electrons. The molecule has 27 heavy (non-hydrogen) atoms. The van der Waals surface area contributed by atoms with Gasteiger partial charge in [0.2, 0.25) is 5.91 Å². The van der Waals surface area contributed by atoms with Crippen molar-refractivity contribution in [1.29, 1.82) is 0 Å². The molecule has 4 N–H and O–H groups in total. The van der Waals surface area contributed by atoms with E-state index in [4.69, 9.17) is 19.9 Å². The lowest BCUT2D eigenvalue weighted by atomic mass is 9.87. The number of esters is 1. The highest BCUT2D eigenvalue weighted by atomic mass is 16.6. The first-order chi connectivity index (χ1) is 13.0. The number of hydrogen-bond donors (Lipinski definition) is 3. The average molecular weight is 375 g/mol. The number of carbonyl (C=O) groups excluding carboxylic acids is 2. The Bertz CT molecular complexity index is 901. The lowest BCUT2D eigenvalue weighted by Gasteiger charge is -2.21. The van der Waals surface area contributed by atoms with Gasteiger partial charge < -0.3 is 25.0 Å². The number of H-pyrrole nitrogens is 2. The van der Waals surface area contributed by atoms with Crippen molar-refractivity contribution in [2.45, 2.75) is 25.7 Å². The number of aromatic nitrogens is 2. The van der Waals surface area contributed by atoms with Gasteiger partial charge in [-0.2, -0.15) is 0 Å². The Morgan fingerprint density at radius 1 is 1.22 bits per heavy atom. The van der Waals surface area contributed by atoms with Crippen molar-refractivity contribution in [2.75, 3.05) is 19.8 Å². The number of fused-ring (bicyclic) bond motifs is 1. The van der Waals surface area contributed by atoms with Crippen molar-refractivity contribution in [1.82, 2.24) is 10.2 Å². The van der Waals surface area contributed by atoms with E-state index < -0.39 is 23.4 Å². The number of aromatic amines is 2. The van der Waals surface area contributed by atoms with Crippen LogP contribution in [0.1, 0.15) is 36.1 Å². The quantitative estimate of drug-likeness (QED) is 0.606. The highest BCUT2D eigenvalue weighted by Crippen LogP contribution is 2.36. The van der Waals surface area contributed by atoms with Crippen LogP contribution in [0.25, 0.3) is 0 Å². The highest BCUT2D eigenvalue weighted by Gasteiger charge is 2.27. The number of ether oxygens (including phenoxy) is 3. The highest BCUT2D eigenvalue weighted by molar-refractivity contribution is 5.76. The first-order valence-corrected chi connectivity index (χ1v) is 8.62. The zero-order valence-corrected chi connectivity index (χ0v) is 14.9. The Hall–Kier alpha value is -3.23. The lowest BCUT2D eigenvalue weighted by molar-refractivity contribution is -0.142. The molecule has 9 heteroatoms. The summed E-state index contributed by atoms with van der Waals surface area (Å²) in [6, 6.07) is 5.20. The van der Waals surface area contributed by atoms with Crippen molar-refractivity contribution in [3.05, 3.63) is 45.4 Å². The van der Waals surface area contributed by atoms with Crippen molar-refractivity contribution >= 4 is 11.9 Å². The van der Waals surface area contributed by atoms with E-state index >= 15 is 0 Å². The zero-order valence-electron chi connectivity index (χ0n) is 14.9. The molecule has 144 valence electrons. The topological polar surface area (TPSA) is 136 Å². The van der Waals surface area contributed by atoms with E-state index in [1.54, 1.807) is 25.1 Å². The van der Waals surface area contributed by atoms with E-state index in [9.17, 15) is 14.4 Å². The maximum Gasteiger partial charge on any atom is 0.311 e. The molecular weight excluding hydrogens is 354 g/mol. The number of rotatable bonds is 7. The van der Waals surface area contributed by atoms with Crippen LogP contribution in [0.5, 0.6) is 11.5 Å². The van der Waals surface area contributed by atoms with Crippen LogP contribution in [-0.2, 0) is 20.7 Å². The van der Waals surface area contributed by atoms with Crippen LogP contribution in [0.2, 0.25) is 0 Å². The molecular formula is C18H21N3O6. The van der Waals surface area contributed by atoms with Crippen LogP contribution in [-0.4, -0.2) is 41.9 Å². The third-order valence-corrected chi connectivity index (χ3v) is 4.25. The molecule has 1 aromatic heterocycles. The predicted octanol–water partition coefficient (Wildman–Crippen LogP) is 0.587. The molecule has 9 nitrogen and oxygen atoms in total. The summed E-state index contributed by atoms with van der Waals surface area (Å²) in [4.78, 5) is 35.9. The summed E-state index contributed by atoms with van der Waals surface area (Å²) < 4.78 is 16.0. The minimum atomic E-state index is -0.641. The van der Waals surface area contributed by atoms with Crippen LogP contribution < -0.4 is 20.8 Å². The van der Waals surface area contributed by atoms with Gasteiger partial charge in [-0.05, 0) is 24.6 Å². The van der Waals surface area contributed by atoms with Crippen molar-refractivity contribution < 1.29 is 23.8 Å². The second-order valence-corrected chi connectivity index (χ2v) is 6.08. The summed E-state index contributed by atoms with van der Waals surface area (Å²) in [7, 11) is 0. The standard InChI is InChI=1S/C18H21N3O6/c1-2-25-16(23)9-12-17(18(24)21-20-12)11(8-15(19)22)10-3-4-13-14(7-10)27-6-5-26-13/h3-4,7,11H,2,5-6,8-9H2,1H3,(H2,19,22)(H2,20,21,24)/t11-/m0/s1. The van der Waals surface area contributed by atoms with Gasteiger partial charge in [0, 0.05) is 17.9 Å². The van der Waals surface area contributed by atoms with Crippen LogP contribution in [0.4, 0.5) is 0 Å². The fourth-order valence-electron chi connectivity index (χ4n) is 3.13. The summed E-state index contributed by atoms with van der Waals surface area (Å²) in [6.07, 6.45) is -0.224. The summed E-state index contributed by atoms with van der Waals surface area (Å²) in [5.74, 6) is -0.561. The number of hydrogen-bond acceptors (Lipinski definition) is 6. The normalized spacial score (nSPS) is 13.8. The van der Waals surface area contributed by atoms with Crippen LogP contribution >= 0.6 is 0 Å². The van der Waals surface area contributed by atoms with Gasteiger partial charge >= 0.3 is 5.97 Å². The maximum absolute atomic E-state index is 12.4. The molecule has 1 aliphatic rings. The van der Waals surface area contributed by atoms with Crippen molar-refractivity contribution in [3.8, 4) is 11.5 Å². The third kappa shape index (κ3) is 4.13. The molecule has 1 amide bonds. The predicted molar refractivity (Wildman–Crippen MR) is 94.8 cm³/mol. The van der Waals surface area contributed by atoms with E-state index in [1.807, 2.05) is 0 Å². The molecule has 0 aliphatic carbocycles. The number of primary amides is 1. The molecule has 0 unspecified atom stereocenters. The van der Waals surface area contributed by atoms with E-state index in [-0.39, 0.29) is 25.0 Å². The molecule has 0 fully saturated rings. The monoisotopic (exact) mass is 375 g/mol. The average Bonchev–Trinajstić information content (AvgIpc) is 2.99. The van der Waals surface area contributed by atoms with Crippen LogP contribution in [0.15, 0.2) is 23.0 Å². The molecule has 3 rings (SSSR count). The molecule has 0 saturated heterocycles. The lowest BCUT2D eigenvalue weighted by Crippen LogP contribution is -2.22. The third-order valence-electron chi connectivity index (χ3n) is 4.25. The molecule has 1 aliphatic heterocycles. The van der Waals surface area contributed by atoms with Gasteiger partial charge in [0.1, 0.15) is 13.2 Å². The fraction of sp³-hybridized carbons (Fsp3) is 0.389. The zero-order chi connectivity index (χ0) is 19.4. The van der Waals surface area contributed by atoms with Gasteiger partial charge in [0.15, 0.2) is 11.5 Å². The van der Waals surface area contributed by atoms with E-state index in [1.165, 1.54) is 0 Å². The summed E-state index contributed by atoms with van der Waals surface area (Å²) in [5, 5.41) is 5.18. The largest absolute Gasteiger partial charge is 0.486 e. The first-order valence-electron chi connectivity index (χ1n) is 8.62. The van der Waals surface area contributed by atoms with Crippen molar-refractivity contribution in [2.24, 2.45) is 5.73 Å². The maximum atomic E-state index is 12.4. The molecule has 2 heterocycles. The van der Waals surface area contributed by atoms with Crippen LogP contribution in [0.3, 0.4) is 0 Å². The van der Waals surface area contributed by atoms with E-state index in [0.717, 1.165) is 0 Å². The Kier molecular flexibility index (Phi) is 5.49. The molecule has 2 aromatic rings. The van der Waals surface area contributed by atoms with Gasteiger partial charge in [-0.1, -0.05) is 6.07 Å². The Morgan fingerprint density at radius 2 is 1.96 bits per heavy atom. The number of amides is 1. The Labute approximate surface area is 154 Å². The minimum Gasteiger partial charge on any atom is -0.486 e. The molecule has 1 aromatic carbocycles. The molecule has 1 atom stereocenters. The SMILES string of the molecule is CCOC(=O)Cc1[nH][nH]c(=O)c1[C@@H](CC(N)=O)c1ccc2c(c1)OCCO2. The molecule has 0 saturated carbocycles. The number of benzene rings is 1. The van der Waals surface area contributed by atoms with Gasteiger partial charge in [-0.3, -0.25) is 19.5 Å². The van der Waals surface area contributed by atoms with E-state index in [2.05, 4.69) is 10.2 Å². The second kappa shape index (κ2) is 7.98. The summed E-state index contributed by atoms with van der Waals surface area (Å²) in [5.41, 5.74) is 6.29. The van der Waals surface area contributed by atoms with Gasteiger partial charge in [0.05, 0.1) is 18.7 Å². The van der Waals surface area contributed by atoms with Crippen LogP contribution in [0, 0.1) is 0 Å². The van der Waals surface area contributed by atoms with Gasteiger partial charge in [-0.25, -0.2) is 0 Å². The first kappa shape index (κ1) is 18.6. The van der Waals surface area contributed by atoms with Crippen molar-refractivity contribution in [3.63, 3.8) is 0 Å². The van der Waals surface area contributed by atoms with Gasteiger partial charge in [0.25, 0.3) is 5.56 Å².